The van der Waals surface area contributed by atoms with Crippen LogP contribution in [0.5, 0.6) is 0 Å². The van der Waals surface area contributed by atoms with Crippen LogP contribution < -0.4 is 5.73 Å². The van der Waals surface area contributed by atoms with Crippen LogP contribution in [0.25, 0.3) is 0 Å². The molecule has 0 radical (unpaired) electrons. The largest absolute Gasteiger partial charge is 0.328 e. The molecular weight excluding hydrogens is 170 g/mol. The molecule has 3 atom stereocenters. The average Bonchev–Trinajstić information content (AvgIpc) is 2.70. The van der Waals surface area contributed by atoms with Crippen molar-refractivity contribution in [3.8, 4) is 0 Å². The van der Waals surface area contributed by atoms with Crippen LogP contribution in [0.15, 0.2) is 0 Å². The number of aryl methyl sites for hydroxylation is 1. The van der Waals surface area contributed by atoms with Crippen molar-refractivity contribution in [1.29, 1.82) is 0 Å². The first-order valence-electron chi connectivity index (χ1n) is 4.24. The van der Waals surface area contributed by atoms with Gasteiger partial charge in [-0.05, 0) is 37.7 Å². The highest BCUT2D eigenvalue weighted by atomic mass is 32.1. The Bertz CT molecular complexity index is 282. The number of nitrogens with two attached hydrogens (primary N) is 1. The summed E-state index contributed by atoms with van der Waals surface area (Å²) in [5, 5.41) is 4.00. The molecule has 3 nitrogen and oxygen atoms in total. The first-order valence-corrected chi connectivity index (χ1v) is 5.02. The van der Waals surface area contributed by atoms with Crippen LogP contribution in [-0.4, -0.2) is 15.6 Å². The molecule has 1 heterocycles. The monoisotopic (exact) mass is 183 g/mol. The van der Waals surface area contributed by atoms with Crippen molar-refractivity contribution < 1.29 is 0 Å². The van der Waals surface area contributed by atoms with E-state index in [1.54, 1.807) is 0 Å². The molecule has 0 saturated heterocycles. The van der Waals surface area contributed by atoms with Crippen LogP contribution in [0, 0.1) is 12.8 Å². The van der Waals surface area contributed by atoms with Crippen molar-refractivity contribution in [2.75, 3.05) is 0 Å². The van der Waals surface area contributed by atoms with Crippen molar-refractivity contribution in [2.45, 2.75) is 32.2 Å². The predicted octanol–water partition coefficient (Wildman–Crippen LogP) is 1.30. The summed E-state index contributed by atoms with van der Waals surface area (Å²) in [4.78, 5) is 1.34. The smallest absolute Gasteiger partial charge is 0.0759 e. The first kappa shape index (κ1) is 8.13. The zero-order chi connectivity index (χ0) is 8.72. The van der Waals surface area contributed by atoms with E-state index in [0.29, 0.717) is 17.9 Å². The minimum Gasteiger partial charge on any atom is -0.328 e. The van der Waals surface area contributed by atoms with Gasteiger partial charge in [0.2, 0.25) is 0 Å². The molecule has 0 aliphatic heterocycles. The van der Waals surface area contributed by atoms with Crippen molar-refractivity contribution in [3.63, 3.8) is 0 Å². The summed E-state index contributed by atoms with van der Waals surface area (Å²) in [5.41, 5.74) is 6.90. The average molecular weight is 183 g/mol. The lowest BCUT2D eigenvalue weighted by Crippen LogP contribution is -2.17. The van der Waals surface area contributed by atoms with Crippen molar-refractivity contribution >= 4 is 11.5 Å². The maximum Gasteiger partial charge on any atom is 0.0759 e. The Labute approximate surface area is 76.1 Å². The van der Waals surface area contributed by atoms with E-state index in [9.17, 15) is 0 Å². The highest BCUT2D eigenvalue weighted by Gasteiger charge is 2.42. The van der Waals surface area contributed by atoms with Crippen LogP contribution in [0.3, 0.4) is 0 Å². The van der Waals surface area contributed by atoms with Crippen molar-refractivity contribution in [2.24, 2.45) is 11.7 Å². The molecule has 1 aromatic rings. The third-order valence-corrected chi connectivity index (χ3v) is 3.50. The minimum atomic E-state index is 0.316. The van der Waals surface area contributed by atoms with E-state index in [0.717, 1.165) is 5.69 Å². The lowest BCUT2D eigenvalue weighted by atomic mass is 10.1. The Morgan fingerprint density at radius 1 is 1.67 bits per heavy atom. The molecule has 12 heavy (non-hydrogen) atoms. The fraction of sp³-hybridized carbons (Fsp3) is 0.750. The van der Waals surface area contributed by atoms with Gasteiger partial charge in [0.05, 0.1) is 10.6 Å². The lowest BCUT2D eigenvalue weighted by Gasteiger charge is -2.01. The van der Waals surface area contributed by atoms with E-state index < -0.39 is 0 Å². The number of aromatic nitrogens is 2. The van der Waals surface area contributed by atoms with Crippen LogP contribution in [-0.2, 0) is 0 Å². The summed E-state index contributed by atoms with van der Waals surface area (Å²) in [6.07, 6.45) is 1.22. The summed E-state index contributed by atoms with van der Waals surface area (Å²) in [7, 11) is 0. The zero-order valence-corrected chi connectivity index (χ0v) is 8.14. The van der Waals surface area contributed by atoms with Gasteiger partial charge in [-0.3, -0.25) is 0 Å². The Morgan fingerprint density at radius 2 is 2.42 bits per heavy atom. The fourth-order valence-electron chi connectivity index (χ4n) is 1.67. The topological polar surface area (TPSA) is 51.8 Å². The quantitative estimate of drug-likeness (QED) is 0.751. The van der Waals surface area contributed by atoms with Crippen LogP contribution in [0.2, 0.25) is 0 Å². The Kier molecular flexibility index (Phi) is 1.88. The fourth-order valence-corrected chi connectivity index (χ4v) is 2.50. The summed E-state index contributed by atoms with van der Waals surface area (Å²) < 4.78 is 3.93. The van der Waals surface area contributed by atoms with E-state index in [4.69, 9.17) is 5.73 Å². The standard InChI is InChI=1S/C8H13N3S/c1-4(9)6-3-7(6)8-5(2)10-11-12-8/h4,6-7H,3,9H2,1-2H3. The predicted molar refractivity (Wildman–Crippen MR) is 49.1 cm³/mol. The van der Waals surface area contributed by atoms with Crippen molar-refractivity contribution in [3.05, 3.63) is 10.6 Å². The first-order chi connectivity index (χ1) is 5.70. The highest BCUT2D eigenvalue weighted by Crippen LogP contribution is 2.50. The molecule has 0 bridgehead atoms. The minimum absolute atomic E-state index is 0.316. The maximum absolute atomic E-state index is 5.81. The number of rotatable bonds is 2. The molecule has 0 amide bonds. The summed E-state index contributed by atoms with van der Waals surface area (Å²) in [6, 6.07) is 0.316. The van der Waals surface area contributed by atoms with Gasteiger partial charge < -0.3 is 5.73 Å². The summed E-state index contributed by atoms with van der Waals surface area (Å²) >= 11 is 1.52. The van der Waals surface area contributed by atoms with Gasteiger partial charge in [0.25, 0.3) is 0 Å². The third-order valence-electron chi connectivity index (χ3n) is 2.54. The van der Waals surface area contributed by atoms with Gasteiger partial charge >= 0.3 is 0 Å². The summed E-state index contributed by atoms with van der Waals surface area (Å²) in [6.45, 7) is 4.10. The van der Waals surface area contributed by atoms with E-state index in [-0.39, 0.29) is 0 Å². The highest BCUT2D eigenvalue weighted by molar-refractivity contribution is 7.05. The van der Waals surface area contributed by atoms with E-state index in [1.807, 2.05) is 6.92 Å². The zero-order valence-electron chi connectivity index (χ0n) is 7.32. The van der Waals surface area contributed by atoms with Gasteiger partial charge in [-0.1, -0.05) is 4.49 Å². The van der Waals surface area contributed by atoms with Crippen LogP contribution >= 0.6 is 11.5 Å². The second-order valence-electron chi connectivity index (χ2n) is 3.59. The Morgan fingerprint density at radius 3 is 2.83 bits per heavy atom. The van der Waals surface area contributed by atoms with Gasteiger partial charge in [-0.2, -0.15) is 0 Å². The molecule has 1 aliphatic carbocycles. The Balaban J connectivity index is 2.10. The van der Waals surface area contributed by atoms with Gasteiger partial charge in [0.15, 0.2) is 0 Å². The molecule has 0 spiro atoms. The Hall–Kier alpha value is -0.480. The number of hydrogen-bond acceptors (Lipinski definition) is 4. The molecule has 0 aromatic carbocycles. The molecule has 66 valence electrons. The molecule has 1 saturated carbocycles. The second kappa shape index (κ2) is 2.78. The number of nitrogens with zero attached hydrogens (tertiary/aromatic N) is 2. The van der Waals surface area contributed by atoms with Crippen LogP contribution in [0.4, 0.5) is 0 Å². The van der Waals surface area contributed by atoms with Gasteiger partial charge in [-0.25, -0.2) is 0 Å². The van der Waals surface area contributed by atoms with Crippen LogP contribution in [0.1, 0.15) is 29.8 Å². The lowest BCUT2D eigenvalue weighted by molar-refractivity contribution is 0.633. The molecule has 3 unspecified atom stereocenters. The maximum atomic E-state index is 5.81. The molecular formula is C8H13N3S. The van der Waals surface area contributed by atoms with Gasteiger partial charge in [-0.15, -0.1) is 5.10 Å². The molecule has 2 rings (SSSR count). The molecule has 1 aromatic heterocycles. The van der Waals surface area contributed by atoms with Gasteiger partial charge in [0, 0.05) is 12.0 Å². The van der Waals surface area contributed by atoms with E-state index in [1.165, 1.54) is 22.8 Å². The van der Waals surface area contributed by atoms with Crippen molar-refractivity contribution in [1.82, 2.24) is 9.59 Å². The van der Waals surface area contributed by atoms with E-state index >= 15 is 0 Å². The molecule has 1 fully saturated rings. The molecule has 2 N–H and O–H groups in total. The molecule has 4 heteroatoms. The third kappa shape index (κ3) is 1.25. The summed E-state index contributed by atoms with van der Waals surface area (Å²) in [5.74, 6) is 1.33. The normalized spacial score (nSPS) is 30.2. The molecule has 1 aliphatic rings. The second-order valence-corrected chi connectivity index (χ2v) is 4.37. The number of hydrogen-bond donors (Lipinski definition) is 1. The van der Waals surface area contributed by atoms with E-state index in [2.05, 4.69) is 16.5 Å². The SMILES string of the molecule is Cc1nnsc1C1CC1C(C)N. The van der Waals surface area contributed by atoms with Gasteiger partial charge in [0.1, 0.15) is 0 Å².